The fourth-order valence-corrected chi connectivity index (χ4v) is 1.07. The number of ether oxygens (including phenoxy) is 1. The molecule has 0 bridgehead atoms. The highest BCUT2D eigenvalue weighted by molar-refractivity contribution is 5.79. The summed E-state index contributed by atoms with van der Waals surface area (Å²) in [6.07, 6.45) is 0. The smallest absolute Gasteiger partial charge is 0.322 e. The molecule has 0 saturated heterocycles. The van der Waals surface area contributed by atoms with Crippen LogP contribution in [-0.2, 0) is 4.79 Å². The average Bonchev–Trinajstić information content (AvgIpc) is 2.46. The first-order valence-electron chi connectivity index (χ1n) is 5.15. The maximum atomic E-state index is 13.2. The van der Waals surface area contributed by atoms with Gasteiger partial charge < -0.3 is 14.9 Å². The predicted octanol–water partition coefficient (Wildman–Crippen LogP) is 1.28. The van der Waals surface area contributed by atoms with Gasteiger partial charge in [-0.2, -0.15) is 8.78 Å². The molecular weight excluding hydrogens is 291 g/mol. The Bertz CT molecular complexity index is 513. The number of carbonyl (C=O) groups excluding carboxylic acids is 1. The molecule has 0 aliphatic rings. The molecule has 0 spiro atoms. The molecule has 9 heteroatoms. The normalized spacial score (nSPS) is 11.6. The van der Waals surface area contributed by atoms with E-state index in [1.54, 1.807) is 0 Å². The van der Waals surface area contributed by atoms with Gasteiger partial charge in [0.25, 0.3) is 0 Å². The number of aliphatic hydroxyl groups is 2. The number of esters is 1. The standard InChI is InChI=1S/C11H9F5O4/c1-11(2-17,3-18)10(19)20-9-7(15)5(13)4(12)6(14)8(9)16/h17-18H,2-3H2,1H3. The van der Waals surface area contributed by atoms with Gasteiger partial charge in [0, 0.05) is 0 Å². The van der Waals surface area contributed by atoms with E-state index in [4.69, 9.17) is 10.2 Å². The number of aliphatic hydroxyl groups excluding tert-OH is 2. The van der Waals surface area contributed by atoms with Gasteiger partial charge in [-0.05, 0) is 6.92 Å². The molecular formula is C11H9F5O4. The van der Waals surface area contributed by atoms with Gasteiger partial charge in [0.05, 0.1) is 13.2 Å². The summed E-state index contributed by atoms with van der Waals surface area (Å²) in [7, 11) is 0. The van der Waals surface area contributed by atoms with Crippen molar-refractivity contribution < 1.29 is 41.7 Å². The van der Waals surface area contributed by atoms with Crippen LogP contribution in [-0.4, -0.2) is 29.4 Å². The molecule has 1 aromatic carbocycles. The largest absolute Gasteiger partial charge is 0.419 e. The van der Waals surface area contributed by atoms with Gasteiger partial charge >= 0.3 is 5.97 Å². The van der Waals surface area contributed by atoms with E-state index in [9.17, 15) is 26.7 Å². The topological polar surface area (TPSA) is 66.8 Å². The minimum absolute atomic E-state index is 0.961. The molecule has 0 aliphatic carbocycles. The molecule has 4 nitrogen and oxygen atoms in total. The zero-order valence-corrected chi connectivity index (χ0v) is 10.0. The summed E-state index contributed by atoms with van der Waals surface area (Å²) in [5.41, 5.74) is -1.96. The monoisotopic (exact) mass is 300 g/mol. The van der Waals surface area contributed by atoms with Crippen molar-refractivity contribution >= 4 is 5.97 Å². The fourth-order valence-electron chi connectivity index (χ4n) is 1.07. The first-order chi connectivity index (χ1) is 9.19. The average molecular weight is 300 g/mol. The van der Waals surface area contributed by atoms with Crippen LogP contribution in [0.2, 0.25) is 0 Å². The van der Waals surface area contributed by atoms with E-state index in [2.05, 4.69) is 4.74 Å². The third-order valence-electron chi connectivity index (χ3n) is 2.56. The molecule has 1 aromatic rings. The lowest BCUT2D eigenvalue weighted by Crippen LogP contribution is -2.39. The molecule has 0 atom stereocenters. The lowest BCUT2D eigenvalue weighted by molar-refractivity contribution is -0.150. The fraction of sp³-hybridized carbons (Fsp3) is 0.364. The van der Waals surface area contributed by atoms with Crippen molar-refractivity contribution in [3.05, 3.63) is 29.1 Å². The summed E-state index contributed by atoms with van der Waals surface area (Å²) in [6, 6.07) is 0. The Morgan fingerprint density at radius 1 is 0.950 bits per heavy atom. The van der Waals surface area contributed by atoms with Crippen LogP contribution in [0.15, 0.2) is 0 Å². The maximum absolute atomic E-state index is 13.2. The van der Waals surface area contributed by atoms with Crippen molar-refractivity contribution in [3.8, 4) is 5.75 Å². The maximum Gasteiger partial charge on any atom is 0.322 e. The molecule has 0 aliphatic heterocycles. The van der Waals surface area contributed by atoms with Crippen LogP contribution in [0.3, 0.4) is 0 Å². The van der Waals surface area contributed by atoms with E-state index in [-0.39, 0.29) is 0 Å². The van der Waals surface area contributed by atoms with E-state index in [0.29, 0.717) is 0 Å². The van der Waals surface area contributed by atoms with Crippen molar-refractivity contribution in [2.24, 2.45) is 5.41 Å². The minimum Gasteiger partial charge on any atom is -0.419 e. The summed E-state index contributed by atoms with van der Waals surface area (Å²) in [4.78, 5) is 11.5. The van der Waals surface area contributed by atoms with Gasteiger partial charge in [0.1, 0.15) is 5.41 Å². The summed E-state index contributed by atoms with van der Waals surface area (Å²) in [5.74, 6) is -14.9. The number of rotatable bonds is 4. The highest BCUT2D eigenvalue weighted by Crippen LogP contribution is 2.30. The highest BCUT2D eigenvalue weighted by atomic mass is 19.2. The van der Waals surface area contributed by atoms with E-state index in [1.807, 2.05) is 0 Å². The van der Waals surface area contributed by atoms with Crippen molar-refractivity contribution in [2.75, 3.05) is 13.2 Å². The van der Waals surface area contributed by atoms with Crippen LogP contribution in [0.5, 0.6) is 5.75 Å². The van der Waals surface area contributed by atoms with Crippen LogP contribution >= 0.6 is 0 Å². The summed E-state index contributed by atoms with van der Waals surface area (Å²) >= 11 is 0. The van der Waals surface area contributed by atoms with Crippen molar-refractivity contribution in [3.63, 3.8) is 0 Å². The lowest BCUT2D eigenvalue weighted by Gasteiger charge is -2.22. The zero-order chi connectivity index (χ0) is 15.7. The van der Waals surface area contributed by atoms with Gasteiger partial charge in [-0.3, -0.25) is 4.79 Å². The summed E-state index contributed by atoms with van der Waals surface area (Å²) in [5, 5.41) is 17.7. The van der Waals surface area contributed by atoms with Gasteiger partial charge in [0.2, 0.25) is 34.8 Å². The molecule has 0 radical (unpaired) electrons. The Labute approximate surface area is 109 Å². The Hall–Kier alpha value is -1.74. The predicted molar refractivity (Wildman–Crippen MR) is 54.1 cm³/mol. The second-order valence-electron chi connectivity index (χ2n) is 4.17. The van der Waals surface area contributed by atoms with E-state index in [0.717, 1.165) is 6.92 Å². The number of hydrogen-bond donors (Lipinski definition) is 2. The van der Waals surface area contributed by atoms with Gasteiger partial charge in [0.15, 0.2) is 0 Å². The SMILES string of the molecule is CC(CO)(CO)C(=O)Oc1c(F)c(F)c(F)c(F)c1F. The number of halogens is 5. The van der Waals surface area contributed by atoms with Crippen LogP contribution in [0.25, 0.3) is 0 Å². The Morgan fingerprint density at radius 2 is 1.30 bits per heavy atom. The minimum atomic E-state index is -2.40. The number of benzene rings is 1. The van der Waals surface area contributed by atoms with Crippen LogP contribution in [0.1, 0.15) is 6.92 Å². The van der Waals surface area contributed by atoms with Crippen molar-refractivity contribution in [2.45, 2.75) is 6.92 Å². The van der Waals surface area contributed by atoms with E-state index < -0.39 is 59.4 Å². The van der Waals surface area contributed by atoms with Crippen molar-refractivity contribution in [1.29, 1.82) is 0 Å². The second-order valence-corrected chi connectivity index (χ2v) is 4.17. The number of carbonyl (C=O) groups is 1. The quantitative estimate of drug-likeness (QED) is 0.289. The van der Waals surface area contributed by atoms with Crippen LogP contribution in [0, 0.1) is 34.5 Å². The molecule has 0 aromatic heterocycles. The molecule has 0 heterocycles. The molecule has 0 unspecified atom stereocenters. The van der Waals surface area contributed by atoms with Gasteiger partial charge in [-0.1, -0.05) is 0 Å². The third-order valence-corrected chi connectivity index (χ3v) is 2.56. The molecule has 1 rings (SSSR count). The molecule has 0 amide bonds. The Kier molecular flexibility index (Phi) is 4.66. The van der Waals surface area contributed by atoms with E-state index in [1.165, 1.54) is 0 Å². The molecule has 20 heavy (non-hydrogen) atoms. The Balaban J connectivity index is 3.27. The first kappa shape index (κ1) is 16.3. The Morgan fingerprint density at radius 3 is 1.65 bits per heavy atom. The second kappa shape index (κ2) is 5.71. The molecule has 0 saturated carbocycles. The summed E-state index contributed by atoms with van der Waals surface area (Å²) < 4.78 is 69.0. The molecule has 0 fully saturated rings. The number of hydrogen-bond acceptors (Lipinski definition) is 4. The van der Waals surface area contributed by atoms with Crippen molar-refractivity contribution in [1.82, 2.24) is 0 Å². The molecule has 2 N–H and O–H groups in total. The van der Waals surface area contributed by atoms with Gasteiger partial charge in [-0.25, -0.2) is 13.2 Å². The van der Waals surface area contributed by atoms with E-state index >= 15 is 0 Å². The summed E-state index contributed by atoms with van der Waals surface area (Å²) in [6.45, 7) is -0.948. The zero-order valence-electron chi connectivity index (χ0n) is 10.0. The van der Waals surface area contributed by atoms with Gasteiger partial charge in [-0.15, -0.1) is 0 Å². The lowest BCUT2D eigenvalue weighted by atomic mass is 9.93. The van der Waals surface area contributed by atoms with Crippen LogP contribution < -0.4 is 4.74 Å². The highest BCUT2D eigenvalue weighted by Gasteiger charge is 2.37. The molecule has 112 valence electrons. The third kappa shape index (κ3) is 2.59. The first-order valence-corrected chi connectivity index (χ1v) is 5.15. The van der Waals surface area contributed by atoms with Crippen LogP contribution in [0.4, 0.5) is 22.0 Å².